The van der Waals surface area contributed by atoms with Gasteiger partial charge >= 0.3 is 13.8 Å². The minimum Gasteiger partial charge on any atom is -0.494 e. The first-order valence-corrected chi connectivity index (χ1v) is 12.9. The Bertz CT molecular complexity index is 975. The zero-order valence-corrected chi connectivity index (χ0v) is 21.3. The number of quaternary nitrogens is 1. The number of fused-ring (bicyclic) bond motifs is 1. The quantitative estimate of drug-likeness (QED) is 0.198. The summed E-state index contributed by atoms with van der Waals surface area (Å²) < 4.78 is 34.3. The van der Waals surface area contributed by atoms with E-state index in [0.717, 1.165) is 28.7 Å². The number of carboxylic acids is 1. The summed E-state index contributed by atoms with van der Waals surface area (Å²) in [7, 11) is 1.17. The van der Waals surface area contributed by atoms with Crippen LogP contribution in [0.5, 0.6) is 11.5 Å². The van der Waals surface area contributed by atoms with Crippen LogP contribution in [0, 0.1) is 0 Å². The monoisotopic (exact) mass is 498 g/mol. The van der Waals surface area contributed by atoms with Gasteiger partial charge in [-0.05, 0) is 54.3 Å². The second-order valence-corrected chi connectivity index (χ2v) is 10.6. The summed E-state index contributed by atoms with van der Waals surface area (Å²) in [5.74, 6) is 0.453. The molecule has 2 N–H and O–H groups in total. The molecule has 2 aromatic carbocycles. The van der Waals surface area contributed by atoms with Crippen LogP contribution in [-0.4, -0.2) is 74.1 Å². The molecule has 0 aliphatic carbocycles. The molecule has 9 nitrogen and oxygen atoms in total. The van der Waals surface area contributed by atoms with Gasteiger partial charge in [-0.15, -0.1) is 0 Å². The highest BCUT2D eigenvalue weighted by Crippen LogP contribution is 2.45. The molecule has 0 aromatic heterocycles. The molecule has 0 aliphatic rings. The van der Waals surface area contributed by atoms with Gasteiger partial charge < -0.3 is 24.0 Å². The highest BCUT2D eigenvalue weighted by atomic mass is 31.2. The Morgan fingerprint density at radius 2 is 1.56 bits per heavy atom. The molecule has 2 atom stereocenters. The average Bonchev–Trinajstić information content (AvgIpc) is 2.72. The van der Waals surface area contributed by atoms with E-state index in [2.05, 4.69) is 6.92 Å². The van der Waals surface area contributed by atoms with Crippen LogP contribution < -0.4 is 9.47 Å². The van der Waals surface area contributed by atoms with E-state index < -0.39 is 19.9 Å². The number of unbranched alkanes of at least 4 members (excludes halogenated alkanes) is 1. The molecule has 0 spiro atoms. The van der Waals surface area contributed by atoms with E-state index in [1.807, 2.05) is 57.5 Å². The van der Waals surface area contributed by atoms with E-state index in [-0.39, 0.29) is 19.6 Å². The van der Waals surface area contributed by atoms with E-state index >= 15 is 0 Å². The Hall–Kier alpha value is -2.16. The van der Waals surface area contributed by atoms with Crippen molar-refractivity contribution in [1.82, 2.24) is 0 Å². The Balaban J connectivity index is 1.76. The molecular formula is C24H37NO8P+. The van der Waals surface area contributed by atoms with Gasteiger partial charge in [0.15, 0.2) is 0 Å². The molecule has 34 heavy (non-hydrogen) atoms. The highest BCUT2D eigenvalue weighted by Gasteiger charge is 2.31. The maximum Gasteiger partial charge on any atom is 0.472 e. The number of rotatable bonds is 16. The van der Waals surface area contributed by atoms with E-state index in [0.29, 0.717) is 30.5 Å². The second kappa shape index (κ2) is 13.1. The number of hydrogen-bond donors (Lipinski definition) is 2. The molecule has 0 saturated heterocycles. The summed E-state index contributed by atoms with van der Waals surface area (Å²) >= 11 is 0. The number of phosphoric acid groups is 1. The Kier molecular flexibility index (Phi) is 10.8. The third kappa shape index (κ3) is 10.8. The van der Waals surface area contributed by atoms with Crippen LogP contribution in [0.15, 0.2) is 36.4 Å². The van der Waals surface area contributed by atoms with Crippen LogP contribution in [0.3, 0.4) is 0 Å². The van der Waals surface area contributed by atoms with Gasteiger partial charge in [-0.1, -0.05) is 19.1 Å². The van der Waals surface area contributed by atoms with Crippen molar-refractivity contribution in [2.45, 2.75) is 38.7 Å². The molecule has 2 rings (SSSR count). The summed E-state index contributed by atoms with van der Waals surface area (Å²) in [4.78, 5) is 21.0. The van der Waals surface area contributed by atoms with Crippen LogP contribution in [0.4, 0.5) is 0 Å². The largest absolute Gasteiger partial charge is 0.494 e. The normalized spacial score (nSPS) is 14.5. The van der Waals surface area contributed by atoms with Crippen molar-refractivity contribution in [2.24, 2.45) is 0 Å². The smallest absolute Gasteiger partial charge is 0.472 e. The SMILES string of the molecule is CCCOc1ccc2ccc(OCCCCOP(=O)(O)OC(CC(=O)O)C[N+](C)(C)C)cc2c1. The lowest BCUT2D eigenvalue weighted by Crippen LogP contribution is -2.42. The minimum absolute atomic E-state index is 0.00283. The van der Waals surface area contributed by atoms with Crippen molar-refractivity contribution < 1.29 is 42.4 Å². The Labute approximate surface area is 201 Å². The second-order valence-electron chi connectivity index (χ2n) is 9.17. The number of benzene rings is 2. The topological polar surface area (TPSA) is 112 Å². The number of carboxylic acid groups (broad SMARTS) is 1. The summed E-state index contributed by atoms with van der Waals surface area (Å²) in [6.07, 6.45) is 0.722. The lowest BCUT2D eigenvalue weighted by molar-refractivity contribution is -0.873. The first-order valence-electron chi connectivity index (χ1n) is 11.4. The van der Waals surface area contributed by atoms with Crippen molar-refractivity contribution >= 4 is 24.6 Å². The molecular weight excluding hydrogens is 461 g/mol. The van der Waals surface area contributed by atoms with Gasteiger partial charge in [0, 0.05) is 0 Å². The van der Waals surface area contributed by atoms with Crippen molar-refractivity contribution in [3.63, 3.8) is 0 Å². The molecule has 190 valence electrons. The van der Waals surface area contributed by atoms with E-state index in [9.17, 15) is 14.3 Å². The maximum absolute atomic E-state index is 12.2. The molecule has 10 heteroatoms. The number of carbonyl (C=O) groups is 1. The molecule has 0 amide bonds. The fourth-order valence-electron chi connectivity index (χ4n) is 3.34. The van der Waals surface area contributed by atoms with Crippen molar-refractivity contribution in [1.29, 1.82) is 0 Å². The van der Waals surface area contributed by atoms with Crippen LogP contribution in [0.25, 0.3) is 10.8 Å². The minimum atomic E-state index is -4.36. The fourth-order valence-corrected chi connectivity index (χ4v) is 4.27. The van der Waals surface area contributed by atoms with E-state index in [1.165, 1.54) is 0 Å². The van der Waals surface area contributed by atoms with Gasteiger partial charge in [0.2, 0.25) is 0 Å². The van der Waals surface area contributed by atoms with Gasteiger partial charge in [-0.3, -0.25) is 13.8 Å². The Morgan fingerprint density at radius 1 is 0.971 bits per heavy atom. The summed E-state index contributed by atoms with van der Waals surface area (Å²) in [6, 6.07) is 11.8. The predicted molar refractivity (Wildman–Crippen MR) is 130 cm³/mol. The standard InChI is InChI=1S/C24H36NO8P/c1-5-12-30-21-10-8-19-9-11-22(16-20(19)15-21)31-13-6-7-14-32-34(28,29)33-23(17-24(26)27)18-25(2,3)4/h8-11,15-16,23H,5-7,12-14,17-18H2,1-4H3,(H-,26,27,28,29)/p+1. The number of phosphoric ester groups is 1. The molecule has 0 aliphatic heterocycles. The summed E-state index contributed by atoms with van der Waals surface area (Å²) in [5, 5.41) is 11.1. The number of aliphatic carboxylic acids is 1. The lowest BCUT2D eigenvalue weighted by atomic mass is 10.1. The molecule has 2 aromatic rings. The van der Waals surface area contributed by atoms with E-state index in [4.69, 9.17) is 23.6 Å². The zero-order valence-electron chi connectivity index (χ0n) is 20.4. The van der Waals surface area contributed by atoms with Crippen molar-refractivity contribution in [3.05, 3.63) is 36.4 Å². The third-order valence-electron chi connectivity index (χ3n) is 4.75. The van der Waals surface area contributed by atoms with Crippen LogP contribution in [0.2, 0.25) is 0 Å². The molecule has 0 fully saturated rings. The fraction of sp³-hybridized carbons (Fsp3) is 0.542. The number of likely N-dealkylation sites (N-methyl/N-ethyl adjacent to an activating group) is 1. The first-order chi connectivity index (χ1) is 16.0. The van der Waals surface area contributed by atoms with Crippen LogP contribution in [-0.2, 0) is 18.4 Å². The average molecular weight is 499 g/mol. The first kappa shape index (κ1) is 28.1. The zero-order chi connectivity index (χ0) is 25.2. The van der Waals surface area contributed by atoms with E-state index in [1.54, 1.807) is 0 Å². The molecule has 0 heterocycles. The van der Waals surface area contributed by atoms with Crippen LogP contribution in [0.1, 0.15) is 32.6 Å². The van der Waals surface area contributed by atoms with Gasteiger partial charge in [0.05, 0.1) is 47.4 Å². The Morgan fingerprint density at radius 3 is 2.12 bits per heavy atom. The van der Waals surface area contributed by atoms with Gasteiger partial charge in [0.25, 0.3) is 0 Å². The van der Waals surface area contributed by atoms with Crippen molar-refractivity contribution in [2.75, 3.05) is 47.5 Å². The predicted octanol–water partition coefficient (Wildman–Crippen LogP) is 4.47. The third-order valence-corrected chi connectivity index (χ3v) is 5.83. The van der Waals surface area contributed by atoms with Gasteiger partial charge in [0.1, 0.15) is 24.1 Å². The number of hydrogen-bond acceptors (Lipinski definition) is 6. The number of ether oxygens (including phenoxy) is 2. The van der Waals surface area contributed by atoms with Crippen molar-refractivity contribution in [3.8, 4) is 11.5 Å². The molecule has 0 bridgehead atoms. The maximum atomic E-state index is 12.2. The molecule has 2 unspecified atom stereocenters. The highest BCUT2D eigenvalue weighted by molar-refractivity contribution is 7.47. The lowest BCUT2D eigenvalue weighted by Gasteiger charge is -2.29. The molecule has 0 radical (unpaired) electrons. The van der Waals surface area contributed by atoms with Gasteiger partial charge in [-0.2, -0.15) is 0 Å². The summed E-state index contributed by atoms with van der Waals surface area (Å²) in [5.41, 5.74) is 0. The van der Waals surface area contributed by atoms with Crippen LogP contribution >= 0.6 is 7.82 Å². The number of nitrogens with zero attached hydrogens (tertiary/aromatic N) is 1. The van der Waals surface area contributed by atoms with Gasteiger partial charge in [-0.25, -0.2) is 4.57 Å². The molecule has 0 saturated carbocycles. The summed E-state index contributed by atoms with van der Waals surface area (Å²) in [6.45, 7) is 3.41.